The highest BCUT2D eigenvalue weighted by molar-refractivity contribution is 7.92. The lowest BCUT2D eigenvalue weighted by Crippen LogP contribution is -2.31. The molecular weight excluding hydrogens is 391 g/mol. The summed E-state index contributed by atoms with van der Waals surface area (Å²) < 4.78 is 66.9. The van der Waals surface area contributed by atoms with E-state index < -0.39 is 25.9 Å². The molecule has 0 unspecified atom stereocenters. The lowest BCUT2D eigenvalue weighted by molar-refractivity contribution is 0.424. The van der Waals surface area contributed by atoms with Gasteiger partial charge in [-0.3, -0.25) is 4.72 Å². The summed E-state index contributed by atoms with van der Waals surface area (Å²) in [6, 6.07) is 10.0. The number of rotatable bonds is 5. The minimum atomic E-state index is -3.88. The Balaban J connectivity index is 1.77. The van der Waals surface area contributed by atoms with E-state index in [1.165, 1.54) is 28.6 Å². The van der Waals surface area contributed by atoms with Gasteiger partial charge in [0.25, 0.3) is 10.0 Å². The van der Waals surface area contributed by atoms with Crippen molar-refractivity contribution in [3.8, 4) is 0 Å². The standard InChI is InChI=1S/C18H21FN2O4S2/c19-15-5-9-17(10-6-15)26(22,23)20-16-7-11-18(12-8-16)27(24,25)21-13-3-1-2-4-14-21/h5-12,20H,1-4,13-14H2. The first-order valence-corrected chi connectivity index (χ1v) is 11.6. The Kier molecular flexibility index (Phi) is 5.83. The maximum atomic E-state index is 13.0. The summed E-state index contributed by atoms with van der Waals surface area (Å²) in [7, 11) is -7.47. The van der Waals surface area contributed by atoms with E-state index in [1.807, 2.05) is 0 Å². The molecule has 0 radical (unpaired) electrons. The SMILES string of the molecule is O=S(=O)(Nc1ccc(S(=O)(=O)N2CCCCCC2)cc1)c1ccc(F)cc1. The second-order valence-corrected chi connectivity index (χ2v) is 10.0. The predicted molar refractivity (Wildman–Crippen MR) is 101 cm³/mol. The van der Waals surface area contributed by atoms with E-state index in [2.05, 4.69) is 4.72 Å². The van der Waals surface area contributed by atoms with E-state index in [0.717, 1.165) is 49.9 Å². The summed E-state index contributed by atoms with van der Waals surface area (Å²) in [5, 5.41) is 0. The van der Waals surface area contributed by atoms with Gasteiger partial charge in [0.05, 0.1) is 9.79 Å². The van der Waals surface area contributed by atoms with Crippen LogP contribution < -0.4 is 4.72 Å². The van der Waals surface area contributed by atoms with Crippen molar-refractivity contribution in [2.45, 2.75) is 35.5 Å². The first-order chi connectivity index (χ1) is 12.8. The van der Waals surface area contributed by atoms with Gasteiger partial charge < -0.3 is 0 Å². The Bertz CT molecular complexity index is 981. The van der Waals surface area contributed by atoms with Gasteiger partial charge >= 0.3 is 0 Å². The fourth-order valence-electron chi connectivity index (χ4n) is 2.95. The molecule has 146 valence electrons. The third kappa shape index (κ3) is 4.66. The zero-order valence-corrected chi connectivity index (χ0v) is 16.3. The van der Waals surface area contributed by atoms with Gasteiger partial charge in [0, 0.05) is 18.8 Å². The second kappa shape index (κ2) is 7.95. The Morgan fingerprint density at radius 1 is 0.741 bits per heavy atom. The van der Waals surface area contributed by atoms with Crippen molar-refractivity contribution in [1.29, 1.82) is 0 Å². The van der Waals surface area contributed by atoms with E-state index in [9.17, 15) is 21.2 Å². The van der Waals surface area contributed by atoms with E-state index in [4.69, 9.17) is 0 Å². The Hall–Kier alpha value is -1.97. The highest BCUT2D eigenvalue weighted by Crippen LogP contribution is 2.23. The van der Waals surface area contributed by atoms with Crippen LogP contribution in [0.4, 0.5) is 10.1 Å². The second-order valence-electron chi connectivity index (χ2n) is 6.40. The number of halogens is 1. The summed E-state index contributed by atoms with van der Waals surface area (Å²) in [5.41, 5.74) is 0.231. The molecule has 0 aromatic heterocycles. The first-order valence-electron chi connectivity index (χ1n) is 8.68. The summed E-state index contributed by atoms with van der Waals surface area (Å²) in [4.78, 5) is 0.0549. The molecule has 1 saturated heterocycles. The van der Waals surface area contributed by atoms with Crippen LogP contribution in [0.25, 0.3) is 0 Å². The van der Waals surface area contributed by atoms with Crippen LogP contribution in [0.15, 0.2) is 58.3 Å². The van der Waals surface area contributed by atoms with Crippen LogP contribution in [0.1, 0.15) is 25.7 Å². The average molecular weight is 413 g/mol. The number of anilines is 1. The van der Waals surface area contributed by atoms with Gasteiger partial charge in [-0.05, 0) is 61.4 Å². The highest BCUT2D eigenvalue weighted by Gasteiger charge is 2.25. The fraction of sp³-hybridized carbons (Fsp3) is 0.333. The van der Waals surface area contributed by atoms with Crippen molar-refractivity contribution in [1.82, 2.24) is 4.31 Å². The molecule has 1 heterocycles. The zero-order chi connectivity index (χ0) is 19.5. The smallest absolute Gasteiger partial charge is 0.261 e. The van der Waals surface area contributed by atoms with Crippen LogP contribution in [0.2, 0.25) is 0 Å². The fourth-order valence-corrected chi connectivity index (χ4v) is 5.53. The van der Waals surface area contributed by atoms with Crippen molar-refractivity contribution in [2.24, 2.45) is 0 Å². The maximum Gasteiger partial charge on any atom is 0.261 e. The number of benzene rings is 2. The summed E-state index contributed by atoms with van der Waals surface area (Å²) >= 11 is 0. The van der Waals surface area contributed by atoms with E-state index in [-0.39, 0.29) is 15.5 Å². The monoisotopic (exact) mass is 412 g/mol. The van der Waals surface area contributed by atoms with Crippen molar-refractivity contribution < 1.29 is 21.2 Å². The third-order valence-electron chi connectivity index (χ3n) is 4.43. The molecule has 0 spiro atoms. The van der Waals surface area contributed by atoms with Gasteiger partial charge in [-0.1, -0.05) is 12.8 Å². The molecule has 2 aromatic rings. The minimum absolute atomic E-state index is 0.0786. The molecular formula is C18H21FN2O4S2. The molecule has 0 atom stereocenters. The van der Waals surface area contributed by atoms with Crippen LogP contribution in [0, 0.1) is 5.82 Å². The van der Waals surface area contributed by atoms with Gasteiger partial charge in [-0.25, -0.2) is 21.2 Å². The first kappa shape index (κ1) is 19.8. The van der Waals surface area contributed by atoms with Crippen molar-refractivity contribution in [3.05, 3.63) is 54.3 Å². The molecule has 9 heteroatoms. The molecule has 6 nitrogen and oxygen atoms in total. The third-order valence-corrected chi connectivity index (χ3v) is 7.74. The number of hydrogen-bond donors (Lipinski definition) is 1. The van der Waals surface area contributed by atoms with Gasteiger partial charge in [0.15, 0.2) is 0 Å². The molecule has 27 heavy (non-hydrogen) atoms. The molecule has 1 N–H and O–H groups in total. The van der Waals surface area contributed by atoms with Crippen molar-refractivity contribution in [3.63, 3.8) is 0 Å². The largest absolute Gasteiger partial charge is 0.280 e. The predicted octanol–water partition coefficient (Wildman–Crippen LogP) is 3.19. The molecule has 1 fully saturated rings. The van der Waals surface area contributed by atoms with Crippen LogP contribution in [0.3, 0.4) is 0 Å². The number of hydrogen-bond acceptors (Lipinski definition) is 4. The quantitative estimate of drug-likeness (QED) is 0.818. The highest BCUT2D eigenvalue weighted by atomic mass is 32.2. The van der Waals surface area contributed by atoms with Crippen LogP contribution >= 0.6 is 0 Å². The Morgan fingerprint density at radius 3 is 1.81 bits per heavy atom. The number of sulfonamides is 2. The summed E-state index contributed by atoms with van der Waals surface area (Å²) in [6.07, 6.45) is 3.73. The van der Waals surface area contributed by atoms with Gasteiger partial charge in [0.2, 0.25) is 10.0 Å². The molecule has 1 aliphatic rings. The van der Waals surface area contributed by atoms with Crippen molar-refractivity contribution >= 4 is 25.7 Å². The van der Waals surface area contributed by atoms with Crippen LogP contribution in [-0.4, -0.2) is 34.2 Å². The topological polar surface area (TPSA) is 83.5 Å². The lowest BCUT2D eigenvalue weighted by atomic mass is 10.2. The van der Waals surface area contributed by atoms with E-state index in [1.54, 1.807) is 0 Å². The van der Waals surface area contributed by atoms with Gasteiger partial charge in [-0.2, -0.15) is 4.31 Å². The zero-order valence-electron chi connectivity index (χ0n) is 14.6. The molecule has 0 amide bonds. The Labute approximate surface area is 159 Å². The molecule has 0 bridgehead atoms. The Morgan fingerprint density at radius 2 is 1.26 bits per heavy atom. The number of nitrogens with one attached hydrogen (secondary N) is 1. The molecule has 1 aliphatic heterocycles. The molecule has 0 saturated carbocycles. The van der Waals surface area contributed by atoms with Gasteiger partial charge in [-0.15, -0.1) is 0 Å². The minimum Gasteiger partial charge on any atom is -0.280 e. The van der Waals surface area contributed by atoms with Gasteiger partial charge in [0.1, 0.15) is 5.82 Å². The number of nitrogens with zero attached hydrogens (tertiary/aromatic N) is 1. The van der Waals surface area contributed by atoms with E-state index in [0.29, 0.717) is 13.1 Å². The summed E-state index contributed by atoms with van der Waals surface area (Å²) in [6.45, 7) is 1.00. The van der Waals surface area contributed by atoms with Crippen molar-refractivity contribution in [2.75, 3.05) is 17.8 Å². The van der Waals surface area contributed by atoms with Crippen LogP contribution in [0.5, 0.6) is 0 Å². The van der Waals surface area contributed by atoms with Crippen LogP contribution in [-0.2, 0) is 20.0 Å². The molecule has 0 aliphatic carbocycles. The molecule has 2 aromatic carbocycles. The lowest BCUT2D eigenvalue weighted by Gasteiger charge is -2.20. The van der Waals surface area contributed by atoms with E-state index >= 15 is 0 Å². The maximum absolute atomic E-state index is 13.0. The molecule has 3 rings (SSSR count). The normalized spacial score (nSPS) is 16.6. The summed E-state index contributed by atoms with van der Waals surface area (Å²) in [5.74, 6) is -0.531. The average Bonchev–Trinajstić information content (AvgIpc) is 2.92.